The first-order valence-corrected chi connectivity index (χ1v) is 10.3. The van der Waals surface area contributed by atoms with Crippen molar-refractivity contribution in [1.29, 1.82) is 0 Å². The summed E-state index contributed by atoms with van der Waals surface area (Å²) >= 11 is 12.9. The summed E-state index contributed by atoms with van der Waals surface area (Å²) in [5, 5.41) is 0.599. The minimum Gasteiger partial charge on any atom is -0.457 e. The third-order valence-corrected chi connectivity index (χ3v) is 6.09. The first-order valence-electron chi connectivity index (χ1n) is 8.77. The molecule has 0 radical (unpaired) electrons. The zero-order valence-corrected chi connectivity index (χ0v) is 17.6. The van der Waals surface area contributed by atoms with Crippen LogP contribution in [0, 0.1) is 6.92 Å². The minimum atomic E-state index is -0.326. The third kappa shape index (κ3) is 4.27. The molecule has 0 bridgehead atoms. The van der Waals surface area contributed by atoms with Crippen LogP contribution in [0.2, 0.25) is 10.0 Å². The Labute approximate surface area is 182 Å². The molecule has 0 atom stereocenters. The van der Waals surface area contributed by atoms with Gasteiger partial charge in [0, 0.05) is 11.6 Å². The average Bonchev–Trinajstić information content (AvgIpc) is 3.26. The molecule has 7 heteroatoms. The summed E-state index contributed by atoms with van der Waals surface area (Å²) in [6, 6.07) is 16.5. The van der Waals surface area contributed by atoms with Crippen LogP contribution in [-0.4, -0.2) is 16.0 Å². The molecule has 0 N–H and O–H groups in total. The smallest absolute Gasteiger partial charge is 0.293 e. The van der Waals surface area contributed by atoms with Crippen LogP contribution in [-0.2, 0) is 11.3 Å². The molecule has 0 saturated carbocycles. The van der Waals surface area contributed by atoms with Crippen molar-refractivity contribution in [3.63, 3.8) is 0 Å². The number of imide groups is 1. The van der Waals surface area contributed by atoms with Crippen LogP contribution >= 0.6 is 35.0 Å². The van der Waals surface area contributed by atoms with Crippen molar-refractivity contribution < 1.29 is 14.0 Å². The molecule has 0 unspecified atom stereocenters. The molecular weight excluding hydrogens is 429 g/mol. The number of carbonyl (C=O) groups is 2. The first kappa shape index (κ1) is 19.8. The highest BCUT2D eigenvalue weighted by Gasteiger charge is 2.35. The van der Waals surface area contributed by atoms with Gasteiger partial charge in [0.1, 0.15) is 11.5 Å². The number of hydrogen-bond acceptors (Lipinski definition) is 4. The molecule has 1 aliphatic heterocycles. The molecule has 2 aromatic carbocycles. The van der Waals surface area contributed by atoms with Gasteiger partial charge in [-0.15, -0.1) is 0 Å². The van der Waals surface area contributed by atoms with Crippen molar-refractivity contribution in [1.82, 2.24) is 4.90 Å². The van der Waals surface area contributed by atoms with E-state index in [1.165, 1.54) is 4.90 Å². The second-order valence-electron chi connectivity index (χ2n) is 6.58. The summed E-state index contributed by atoms with van der Waals surface area (Å²) < 4.78 is 5.80. The summed E-state index contributed by atoms with van der Waals surface area (Å²) in [5.74, 6) is 0.744. The molecule has 29 heavy (non-hydrogen) atoms. The lowest BCUT2D eigenvalue weighted by molar-refractivity contribution is -0.123. The van der Waals surface area contributed by atoms with Crippen LogP contribution in [0.1, 0.15) is 16.9 Å². The molecule has 4 nitrogen and oxygen atoms in total. The maximum absolute atomic E-state index is 12.7. The van der Waals surface area contributed by atoms with Gasteiger partial charge in [0.05, 0.1) is 21.5 Å². The van der Waals surface area contributed by atoms with E-state index in [-0.39, 0.29) is 17.7 Å². The van der Waals surface area contributed by atoms with Crippen molar-refractivity contribution in [3.05, 3.63) is 86.4 Å². The van der Waals surface area contributed by atoms with Gasteiger partial charge in [0.25, 0.3) is 11.1 Å². The van der Waals surface area contributed by atoms with Gasteiger partial charge in [-0.2, -0.15) is 0 Å². The van der Waals surface area contributed by atoms with E-state index in [1.54, 1.807) is 36.4 Å². The summed E-state index contributed by atoms with van der Waals surface area (Å²) in [6.45, 7) is 2.23. The van der Waals surface area contributed by atoms with Crippen LogP contribution in [0.5, 0.6) is 0 Å². The van der Waals surface area contributed by atoms with E-state index < -0.39 is 0 Å². The van der Waals surface area contributed by atoms with E-state index in [1.807, 2.05) is 31.2 Å². The summed E-state index contributed by atoms with van der Waals surface area (Å²) in [4.78, 5) is 26.6. The third-order valence-electron chi connectivity index (χ3n) is 4.44. The Bertz CT molecular complexity index is 1140. The average molecular weight is 444 g/mol. The van der Waals surface area contributed by atoms with Crippen molar-refractivity contribution in [2.24, 2.45) is 0 Å². The number of carbonyl (C=O) groups excluding carboxylic acids is 2. The van der Waals surface area contributed by atoms with Gasteiger partial charge >= 0.3 is 0 Å². The maximum Gasteiger partial charge on any atom is 0.293 e. The number of hydrogen-bond donors (Lipinski definition) is 0. The quantitative estimate of drug-likeness (QED) is 0.416. The zero-order chi connectivity index (χ0) is 20.5. The molecule has 146 valence electrons. The summed E-state index contributed by atoms with van der Waals surface area (Å²) in [5.41, 5.74) is 2.80. The molecule has 2 heterocycles. The number of furan rings is 1. The molecule has 1 aliphatic rings. The highest BCUT2D eigenvalue weighted by atomic mass is 35.5. The van der Waals surface area contributed by atoms with Crippen molar-refractivity contribution in [3.8, 4) is 11.3 Å². The lowest BCUT2D eigenvalue weighted by Crippen LogP contribution is -2.27. The van der Waals surface area contributed by atoms with Crippen LogP contribution in [0.4, 0.5) is 4.79 Å². The summed E-state index contributed by atoms with van der Waals surface area (Å²) in [6.07, 6.45) is 1.58. The predicted molar refractivity (Wildman–Crippen MR) is 117 cm³/mol. The fourth-order valence-electron chi connectivity index (χ4n) is 2.88. The molecule has 0 spiro atoms. The van der Waals surface area contributed by atoms with E-state index in [4.69, 9.17) is 27.6 Å². The Hall–Kier alpha value is -2.47. The molecule has 0 aliphatic carbocycles. The second-order valence-corrected chi connectivity index (χ2v) is 8.39. The standard InChI is InChI=1S/C22H15Cl2NO3S/c1-13-2-4-14(5-3-13)12-25-21(26)20(29-22(25)27)11-16-7-9-19(28-16)15-6-8-17(23)18(24)10-15/h2-11H,12H2,1H3/b20-11-. The van der Waals surface area contributed by atoms with E-state index in [0.29, 0.717) is 26.5 Å². The number of nitrogens with zero attached hydrogens (tertiary/aromatic N) is 1. The number of rotatable bonds is 4. The van der Waals surface area contributed by atoms with Gasteiger partial charge in [-0.1, -0.05) is 53.0 Å². The molecule has 1 aromatic heterocycles. The Balaban J connectivity index is 1.53. The van der Waals surface area contributed by atoms with Crippen molar-refractivity contribution >= 4 is 52.2 Å². The highest BCUT2D eigenvalue weighted by molar-refractivity contribution is 8.18. The maximum atomic E-state index is 12.7. The topological polar surface area (TPSA) is 50.5 Å². The van der Waals surface area contributed by atoms with E-state index in [2.05, 4.69) is 0 Å². The van der Waals surface area contributed by atoms with E-state index in [0.717, 1.165) is 28.5 Å². The molecule has 4 rings (SSSR count). The van der Waals surface area contributed by atoms with Crippen molar-refractivity contribution in [2.45, 2.75) is 13.5 Å². The van der Waals surface area contributed by atoms with Crippen molar-refractivity contribution in [2.75, 3.05) is 0 Å². The van der Waals surface area contributed by atoms with Gasteiger partial charge < -0.3 is 4.42 Å². The van der Waals surface area contributed by atoms with Gasteiger partial charge in [-0.05, 0) is 54.6 Å². The second kappa shape index (κ2) is 8.11. The normalized spacial score (nSPS) is 15.6. The number of thioether (sulfide) groups is 1. The Kier molecular flexibility index (Phi) is 5.54. The molecule has 1 saturated heterocycles. The van der Waals surface area contributed by atoms with Gasteiger partial charge in [-0.25, -0.2) is 0 Å². The van der Waals surface area contributed by atoms with Crippen LogP contribution in [0.3, 0.4) is 0 Å². The van der Waals surface area contributed by atoms with Gasteiger partial charge in [-0.3, -0.25) is 14.5 Å². The lowest BCUT2D eigenvalue weighted by atomic mass is 10.1. The fraction of sp³-hybridized carbons (Fsp3) is 0.0909. The highest BCUT2D eigenvalue weighted by Crippen LogP contribution is 2.35. The fourth-order valence-corrected chi connectivity index (χ4v) is 3.99. The first-order chi connectivity index (χ1) is 13.9. The molecule has 3 aromatic rings. The van der Waals surface area contributed by atoms with Crippen LogP contribution in [0.25, 0.3) is 17.4 Å². The Morgan fingerprint density at radius 1 is 1.00 bits per heavy atom. The predicted octanol–water partition coefficient (Wildman–Crippen LogP) is 6.80. The lowest BCUT2D eigenvalue weighted by Gasteiger charge is -2.12. The monoisotopic (exact) mass is 443 g/mol. The molecule has 2 amide bonds. The number of amides is 2. The van der Waals surface area contributed by atoms with Gasteiger partial charge in [0.15, 0.2) is 0 Å². The van der Waals surface area contributed by atoms with Crippen LogP contribution < -0.4 is 0 Å². The Morgan fingerprint density at radius 2 is 1.76 bits per heavy atom. The number of benzene rings is 2. The zero-order valence-electron chi connectivity index (χ0n) is 15.3. The number of halogens is 2. The largest absolute Gasteiger partial charge is 0.457 e. The Morgan fingerprint density at radius 3 is 2.48 bits per heavy atom. The minimum absolute atomic E-state index is 0.245. The van der Waals surface area contributed by atoms with E-state index in [9.17, 15) is 9.59 Å². The van der Waals surface area contributed by atoms with E-state index >= 15 is 0 Å². The number of aryl methyl sites for hydroxylation is 1. The SMILES string of the molecule is Cc1ccc(CN2C(=O)S/C(=C\c3ccc(-c4ccc(Cl)c(Cl)c4)o3)C2=O)cc1. The molecule has 1 fully saturated rings. The van der Waals surface area contributed by atoms with Gasteiger partial charge in [0.2, 0.25) is 0 Å². The molecular formula is C22H15Cl2NO3S. The summed E-state index contributed by atoms with van der Waals surface area (Å²) in [7, 11) is 0. The van der Waals surface area contributed by atoms with Crippen LogP contribution in [0.15, 0.2) is 63.9 Å².